The van der Waals surface area contributed by atoms with Crippen molar-refractivity contribution in [2.45, 2.75) is 39.3 Å². The van der Waals surface area contributed by atoms with Gasteiger partial charge in [0.15, 0.2) is 9.84 Å². The lowest BCUT2D eigenvalue weighted by Gasteiger charge is -2.34. The molecule has 0 spiro atoms. The molecule has 2 aromatic rings. The van der Waals surface area contributed by atoms with Crippen molar-refractivity contribution in [1.29, 1.82) is 0 Å². The van der Waals surface area contributed by atoms with Gasteiger partial charge in [0.2, 0.25) is 5.91 Å². The summed E-state index contributed by atoms with van der Waals surface area (Å²) in [6.45, 7) is 9.57. The van der Waals surface area contributed by atoms with E-state index in [-0.39, 0.29) is 29.5 Å². The number of nitrogens with one attached hydrogen (secondary N) is 2. The molecule has 1 amide bonds. The predicted molar refractivity (Wildman–Crippen MR) is 121 cm³/mol. The molecule has 0 bridgehead atoms. The molecular formula is C20H29N5O4S2. The van der Waals surface area contributed by atoms with Crippen molar-refractivity contribution < 1.29 is 13.2 Å². The van der Waals surface area contributed by atoms with Crippen molar-refractivity contribution in [3.63, 3.8) is 0 Å². The summed E-state index contributed by atoms with van der Waals surface area (Å²) in [6.07, 6.45) is 0.466. The Kier molecular flexibility index (Phi) is 5.97. The summed E-state index contributed by atoms with van der Waals surface area (Å²) >= 11 is 1.55. The molecule has 2 aliphatic heterocycles. The molecule has 9 nitrogen and oxygen atoms in total. The molecule has 11 heteroatoms. The Balaban J connectivity index is 1.30. The minimum absolute atomic E-state index is 0.0123. The van der Waals surface area contributed by atoms with E-state index in [4.69, 9.17) is 0 Å². The van der Waals surface area contributed by atoms with Crippen molar-refractivity contribution in [2.75, 3.05) is 44.2 Å². The van der Waals surface area contributed by atoms with Gasteiger partial charge in [0, 0.05) is 31.1 Å². The van der Waals surface area contributed by atoms with E-state index in [0.29, 0.717) is 24.2 Å². The van der Waals surface area contributed by atoms with Crippen LogP contribution in [0.25, 0.3) is 10.2 Å². The lowest BCUT2D eigenvalue weighted by molar-refractivity contribution is -0.124. The lowest BCUT2D eigenvalue weighted by Crippen LogP contribution is -2.53. The number of aryl methyl sites for hydroxylation is 2. The number of aromatic nitrogens is 2. The van der Waals surface area contributed by atoms with Crippen LogP contribution >= 0.6 is 11.3 Å². The SMILES string of the molecule is Cc1sc2nc(CN3CCN(CC(=O)N[C@]4(C)CCS(=O)(=O)C4)CC3)[nH]c(=O)c2c1C. The summed E-state index contributed by atoms with van der Waals surface area (Å²) in [5, 5.41) is 3.60. The van der Waals surface area contributed by atoms with E-state index in [1.54, 1.807) is 18.3 Å². The van der Waals surface area contributed by atoms with E-state index in [0.717, 1.165) is 41.5 Å². The topological polar surface area (TPSA) is 115 Å². The molecule has 2 N–H and O–H groups in total. The number of amides is 1. The van der Waals surface area contributed by atoms with Gasteiger partial charge in [0.05, 0.1) is 35.5 Å². The van der Waals surface area contributed by atoms with Crippen molar-refractivity contribution >= 4 is 37.3 Å². The van der Waals surface area contributed by atoms with E-state index in [1.165, 1.54) is 0 Å². The number of piperazine rings is 1. The first-order valence-corrected chi connectivity index (χ1v) is 13.1. The Morgan fingerprint density at radius 2 is 1.90 bits per heavy atom. The molecule has 0 radical (unpaired) electrons. The monoisotopic (exact) mass is 467 g/mol. The van der Waals surface area contributed by atoms with Gasteiger partial charge in [-0.05, 0) is 32.8 Å². The number of aromatic amines is 1. The first-order valence-electron chi connectivity index (χ1n) is 10.5. The van der Waals surface area contributed by atoms with Gasteiger partial charge in [-0.15, -0.1) is 11.3 Å². The molecule has 2 saturated heterocycles. The van der Waals surface area contributed by atoms with Gasteiger partial charge in [-0.3, -0.25) is 19.4 Å². The highest BCUT2D eigenvalue weighted by Gasteiger charge is 2.39. The van der Waals surface area contributed by atoms with Gasteiger partial charge >= 0.3 is 0 Å². The molecule has 0 saturated carbocycles. The van der Waals surface area contributed by atoms with Gasteiger partial charge in [-0.1, -0.05) is 0 Å². The third kappa shape index (κ3) is 5.00. The van der Waals surface area contributed by atoms with Gasteiger partial charge in [0.1, 0.15) is 10.7 Å². The average Bonchev–Trinajstić information content (AvgIpc) is 3.11. The Hall–Kier alpha value is -1.82. The molecule has 4 rings (SSSR count). The second-order valence-corrected chi connectivity index (χ2v) is 12.4. The third-order valence-electron chi connectivity index (χ3n) is 6.24. The molecule has 0 unspecified atom stereocenters. The summed E-state index contributed by atoms with van der Waals surface area (Å²) in [7, 11) is -3.05. The molecule has 170 valence electrons. The van der Waals surface area contributed by atoms with Crippen LogP contribution in [0, 0.1) is 13.8 Å². The molecule has 31 heavy (non-hydrogen) atoms. The summed E-state index contributed by atoms with van der Waals surface area (Å²) in [4.78, 5) is 38.7. The zero-order valence-electron chi connectivity index (χ0n) is 18.2. The fourth-order valence-corrected chi connectivity index (χ4v) is 7.52. The summed E-state index contributed by atoms with van der Waals surface area (Å²) < 4.78 is 23.4. The maximum atomic E-state index is 12.5. The number of hydrogen-bond acceptors (Lipinski definition) is 8. The van der Waals surface area contributed by atoms with Crippen molar-refractivity contribution in [1.82, 2.24) is 25.1 Å². The summed E-state index contributed by atoms with van der Waals surface area (Å²) in [6, 6.07) is 0. The predicted octanol–water partition coefficient (Wildman–Crippen LogP) is 0.412. The second-order valence-electron chi connectivity index (χ2n) is 8.98. The van der Waals surface area contributed by atoms with Crippen LogP contribution in [0.2, 0.25) is 0 Å². The third-order valence-corrected chi connectivity index (χ3v) is 9.24. The molecule has 0 aromatic carbocycles. The summed E-state index contributed by atoms with van der Waals surface area (Å²) in [5.74, 6) is 0.682. The number of thiophene rings is 1. The number of fused-ring (bicyclic) bond motifs is 1. The number of carbonyl (C=O) groups is 1. The van der Waals surface area contributed by atoms with Crippen LogP contribution in [0.5, 0.6) is 0 Å². The number of nitrogens with zero attached hydrogens (tertiary/aromatic N) is 3. The Bertz CT molecular complexity index is 1160. The molecule has 2 fully saturated rings. The number of sulfone groups is 1. The normalized spacial score (nSPS) is 24.6. The van der Waals surface area contributed by atoms with E-state index >= 15 is 0 Å². The van der Waals surface area contributed by atoms with Crippen molar-refractivity contribution in [2.24, 2.45) is 0 Å². The summed E-state index contributed by atoms with van der Waals surface area (Å²) in [5.41, 5.74) is 0.253. The molecule has 2 aliphatic rings. The zero-order valence-corrected chi connectivity index (χ0v) is 19.8. The van der Waals surface area contributed by atoms with E-state index in [2.05, 4.69) is 25.1 Å². The fourth-order valence-electron chi connectivity index (χ4n) is 4.38. The van der Waals surface area contributed by atoms with Crippen molar-refractivity contribution in [3.8, 4) is 0 Å². The van der Waals surface area contributed by atoms with E-state index in [1.807, 2.05) is 13.8 Å². The molecule has 2 aromatic heterocycles. The smallest absolute Gasteiger partial charge is 0.259 e. The minimum atomic E-state index is -3.05. The first kappa shape index (κ1) is 22.4. The van der Waals surface area contributed by atoms with Crippen LogP contribution in [-0.4, -0.2) is 83.9 Å². The quantitative estimate of drug-likeness (QED) is 0.654. The zero-order chi connectivity index (χ0) is 22.4. The second kappa shape index (κ2) is 8.27. The van der Waals surface area contributed by atoms with Gasteiger partial charge in [-0.2, -0.15) is 0 Å². The average molecular weight is 468 g/mol. The standard InChI is InChI=1S/C20H29N5O4S2/c1-13-14(2)30-19-17(13)18(27)21-15(22-19)10-24-5-7-25(8-6-24)11-16(26)23-20(3)4-9-31(28,29)12-20/h4-12H2,1-3H3,(H,23,26)(H,21,22,27)/t20-/m1/s1. The highest BCUT2D eigenvalue weighted by molar-refractivity contribution is 7.91. The number of carbonyl (C=O) groups excluding carboxylic acids is 1. The van der Waals surface area contributed by atoms with Crippen LogP contribution in [0.1, 0.15) is 29.6 Å². The van der Waals surface area contributed by atoms with Crippen LogP contribution in [0.15, 0.2) is 4.79 Å². The fraction of sp³-hybridized carbons (Fsp3) is 0.650. The van der Waals surface area contributed by atoms with Gasteiger partial charge < -0.3 is 10.3 Å². The first-order chi connectivity index (χ1) is 14.5. The molecule has 1 atom stereocenters. The minimum Gasteiger partial charge on any atom is -0.349 e. The van der Waals surface area contributed by atoms with Gasteiger partial charge in [0.25, 0.3) is 5.56 Å². The van der Waals surface area contributed by atoms with E-state index in [9.17, 15) is 18.0 Å². The highest BCUT2D eigenvalue weighted by atomic mass is 32.2. The maximum Gasteiger partial charge on any atom is 0.259 e. The van der Waals surface area contributed by atoms with Crippen molar-refractivity contribution in [3.05, 3.63) is 26.6 Å². The number of H-pyrrole nitrogens is 1. The lowest BCUT2D eigenvalue weighted by atomic mass is 10.0. The number of rotatable bonds is 5. The van der Waals surface area contributed by atoms with E-state index < -0.39 is 15.4 Å². The highest BCUT2D eigenvalue weighted by Crippen LogP contribution is 2.26. The molecular weight excluding hydrogens is 438 g/mol. The number of hydrogen-bond donors (Lipinski definition) is 2. The van der Waals surface area contributed by atoms with Gasteiger partial charge in [-0.25, -0.2) is 13.4 Å². The van der Waals surface area contributed by atoms with Crippen LogP contribution in [0.4, 0.5) is 0 Å². The molecule has 4 heterocycles. The molecule has 0 aliphatic carbocycles. The maximum absolute atomic E-state index is 12.5. The largest absolute Gasteiger partial charge is 0.349 e. The van der Waals surface area contributed by atoms with Crippen LogP contribution in [-0.2, 0) is 21.2 Å². The Labute approximate surface area is 185 Å². The Morgan fingerprint density at radius 1 is 1.23 bits per heavy atom. The Morgan fingerprint density at radius 3 is 2.55 bits per heavy atom. The van der Waals surface area contributed by atoms with Crippen LogP contribution < -0.4 is 10.9 Å². The van der Waals surface area contributed by atoms with Crippen LogP contribution in [0.3, 0.4) is 0 Å².